The van der Waals surface area contributed by atoms with Crippen molar-refractivity contribution in [2.45, 2.75) is 24.8 Å². The maximum Gasteiger partial charge on any atom is 0.0612 e. The smallest absolute Gasteiger partial charge is 0.0612 e. The van der Waals surface area contributed by atoms with E-state index < -0.39 is 0 Å². The van der Waals surface area contributed by atoms with Crippen LogP contribution in [0.1, 0.15) is 19.3 Å². The maximum absolute atomic E-state index is 8.89. The van der Waals surface area contributed by atoms with Crippen LogP contribution in [0.25, 0.3) is 0 Å². The molecule has 1 aliphatic heterocycles. The number of nitrogens with two attached hydrogens (primary N) is 1. The Hall–Kier alpha value is -0.120. The Morgan fingerprint density at radius 2 is 2.20 bits per heavy atom. The van der Waals surface area contributed by atoms with Crippen LogP contribution in [0.3, 0.4) is 0 Å². The minimum atomic E-state index is -0.365. The third-order valence-electron chi connectivity index (χ3n) is 2.02. The molecule has 1 saturated heterocycles. The number of aliphatic hydroxyl groups is 1. The van der Waals surface area contributed by atoms with Gasteiger partial charge < -0.3 is 15.6 Å². The molecular weight excluding hydrogens is 130 g/mol. The van der Waals surface area contributed by atoms with Crippen molar-refractivity contribution in [2.24, 2.45) is 5.73 Å². The van der Waals surface area contributed by atoms with Gasteiger partial charge in [-0.2, -0.15) is 0 Å². The molecule has 1 aliphatic rings. The van der Waals surface area contributed by atoms with Crippen LogP contribution in [0.5, 0.6) is 0 Å². The predicted molar refractivity (Wildman–Crippen MR) is 38.7 cm³/mol. The van der Waals surface area contributed by atoms with Gasteiger partial charge in [-0.1, -0.05) is 0 Å². The van der Waals surface area contributed by atoms with Crippen LogP contribution in [0, 0.1) is 0 Å². The largest absolute Gasteiger partial charge is 0.394 e. The molecule has 1 rings (SSSR count). The molecule has 1 atom stereocenters. The highest BCUT2D eigenvalue weighted by Gasteiger charge is 2.24. The quantitative estimate of drug-likeness (QED) is 0.540. The first kappa shape index (κ1) is 7.98. The standard InChI is InChI=1S/C7H15NO2/c8-7(6-9)2-1-4-10-5-3-7/h9H,1-6,8H2/t7-/m1/s1. The normalized spacial score (nSPS) is 35.4. The van der Waals surface area contributed by atoms with Crippen LogP contribution in [0.2, 0.25) is 0 Å². The molecule has 0 unspecified atom stereocenters. The second kappa shape index (κ2) is 3.32. The van der Waals surface area contributed by atoms with E-state index in [4.69, 9.17) is 15.6 Å². The summed E-state index contributed by atoms with van der Waals surface area (Å²) in [5.41, 5.74) is 5.46. The minimum Gasteiger partial charge on any atom is -0.394 e. The number of ether oxygens (including phenoxy) is 1. The Morgan fingerprint density at radius 1 is 1.40 bits per heavy atom. The van der Waals surface area contributed by atoms with Gasteiger partial charge in [-0.3, -0.25) is 0 Å². The molecule has 3 N–H and O–H groups in total. The lowest BCUT2D eigenvalue weighted by Gasteiger charge is -2.23. The van der Waals surface area contributed by atoms with Crippen molar-refractivity contribution in [1.82, 2.24) is 0 Å². The summed E-state index contributed by atoms with van der Waals surface area (Å²) in [6.07, 6.45) is 2.63. The van der Waals surface area contributed by atoms with Crippen molar-refractivity contribution in [1.29, 1.82) is 0 Å². The average molecular weight is 145 g/mol. The molecule has 10 heavy (non-hydrogen) atoms. The third-order valence-corrected chi connectivity index (χ3v) is 2.02. The van der Waals surface area contributed by atoms with E-state index in [1.54, 1.807) is 0 Å². The summed E-state index contributed by atoms with van der Waals surface area (Å²) in [4.78, 5) is 0. The molecular formula is C7H15NO2. The highest BCUT2D eigenvalue weighted by atomic mass is 16.5. The predicted octanol–water partition coefficient (Wildman–Crippen LogP) is -0.123. The number of rotatable bonds is 1. The summed E-state index contributed by atoms with van der Waals surface area (Å²) < 4.78 is 5.20. The Balaban J connectivity index is 2.41. The summed E-state index contributed by atoms with van der Waals surface area (Å²) in [7, 11) is 0. The molecule has 1 heterocycles. The molecule has 0 amide bonds. The van der Waals surface area contributed by atoms with E-state index >= 15 is 0 Å². The third kappa shape index (κ3) is 1.94. The van der Waals surface area contributed by atoms with Gasteiger partial charge in [0.1, 0.15) is 0 Å². The van der Waals surface area contributed by atoms with E-state index in [9.17, 15) is 0 Å². The Kier molecular flexibility index (Phi) is 2.65. The van der Waals surface area contributed by atoms with E-state index in [0.29, 0.717) is 6.61 Å². The summed E-state index contributed by atoms with van der Waals surface area (Å²) in [6, 6.07) is 0. The van der Waals surface area contributed by atoms with Gasteiger partial charge in [-0.25, -0.2) is 0 Å². The topological polar surface area (TPSA) is 55.5 Å². The highest BCUT2D eigenvalue weighted by Crippen LogP contribution is 2.16. The molecule has 3 nitrogen and oxygen atoms in total. The molecule has 60 valence electrons. The number of hydrogen-bond acceptors (Lipinski definition) is 3. The number of aliphatic hydroxyl groups excluding tert-OH is 1. The van der Waals surface area contributed by atoms with E-state index in [1.165, 1.54) is 0 Å². The lowest BCUT2D eigenvalue weighted by molar-refractivity contribution is 0.128. The zero-order valence-electron chi connectivity index (χ0n) is 6.18. The van der Waals surface area contributed by atoms with Crippen molar-refractivity contribution in [3.8, 4) is 0 Å². The average Bonchev–Trinajstić information content (AvgIpc) is 2.15. The van der Waals surface area contributed by atoms with Gasteiger partial charge in [-0.05, 0) is 19.3 Å². The second-order valence-corrected chi connectivity index (χ2v) is 2.99. The minimum absolute atomic E-state index is 0.0797. The van der Waals surface area contributed by atoms with Crippen molar-refractivity contribution in [3.63, 3.8) is 0 Å². The molecule has 0 aromatic carbocycles. The fourth-order valence-corrected chi connectivity index (χ4v) is 1.19. The second-order valence-electron chi connectivity index (χ2n) is 2.99. The molecule has 1 fully saturated rings. The first-order chi connectivity index (χ1) is 4.77. The van der Waals surface area contributed by atoms with Gasteiger partial charge in [0.25, 0.3) is 0 Å². The van der Waals surface area contributed by atoms with Gasteiger partial charge in [0.05, 0.1) is 6.61 Å². The fraction of sp³-hybridized carbons (Fsp3) is 1.00. The first-order valence-corrected chi connectivity index (χ1v) is 3.74. The summed E-state index contributed by atoms with van der Waals surface area (Å²) >= 11 is 0. The van der Waals surface area contributed by atoms with Crippen molar-refractivity contribution < 1.29 is 9.84 Å². The van der Waals surface area contributed by atoms with Crippen molar-refractivity contribution in [3.05, 3.63) is 0 Å². The zero-order valence-corrected chi connectivity index (χ0v) is 6.18. The monoisotopic (exact) mass is 145 g/mol. The van der Waals surface area contributed by atoms with Crippen molar-refractivity contribution >= 4 is 0 Å². The summed E-state index contributed by atoms with van der Waals surface area (Å²) in [6.45, 7) is 1.56. The van der Waals surface area contributed by atoms with E-state index in [-0.39, 0.29) is 12.1 Å². The van der Waals surface area contributed by atoms with Gasteiger partial charge in [0.2, 0.25) is 0 Å². The summed E-state index contributed by atoms with van der Waals surface area (Å²) in [5.74, 6) is 0. The van der Waals surface area contributed by atoms with E-state index in [2.05, 4.69) is 0 Å². The lowest BCUT2D eigenvalue weighted by Crippen LogP contribution is -2.43. The fourth-order valence-electron chi connectivity index (χ4n) is 1.19. The van der Waals surface area contributed by atoms with E-state index in [1.807, 2.05) is 0 Å². The number of hydrogen-bond donors (Lipinski definition) is 2. The molecule has 0 aromatic rings. The maximum atomic E-state index is 8.89. The van der Waals surface area contributed by atoms with Crippen LogP contribution in [-0.4, -0.2) is 30.5 Å². The van der Waals surface area contributed by atoms with Gasteiger partial charge >= 0.3 is 0 Å². The molecule has 0 saturated carbocycles. The van der Waals surface area contributed by atoms with E-state index in [0.717, 1.165) is 25.9 Å². The van der Waals surface area contributed by atoms with Crippen LogP contribution >= 0.6 is 0 Å². The Labute approximate surface area is 61.2 Å². The SMILES string of the molecule is N[C@]1(CO)CCCOCC1. The Morgan fingerprint density at radius 3 is 2.90 bits per heavy atom. The van der Waals surface area contributed by atoms with Crippen LogP contribution in [0.4, 0.5) is 0 Å². The van der Waals surface area contributed by atoms with Gasteiger partial charge in [0.15, 0.2) is 0 Å². The van der Waals surface area contributed by atoms with Gasteiger partial charge in [-0.15, -0.1) is 0 Å². The summed E-state index contributed by atoms with van der Waals surface area (Å²) in [5, 5.41) is 8.89. The first-order valence-electron chi connectivity index (χ1n) is 3.74. The molecule has 0 spiro atoms. The van der Waals surface area contributed by atoms with Crippen LogP contribution < -0.4 is 5.73 Å². The van der Waals surface area contributed by atoms with Crippen LogP contribution in [0.15, 0.2) is 0 Å². The molecule has 0 aliphatic carbocycles. The lowest BCUT2D eigenvalue weighted by atomic mass is 9.93. The molecule has 0 bridgehead atoms. The van der Waals surface area contributed by atoms with Gasteiger partial charge in [0, 0.05) is 18.8 Å². The molecule has 0 radical (unpaired) electrons. The molecule has 3 heteroatoms. The Bertz CT molecular complexity index is 97.8. The van der Waals surface area contributed by atoms with Crippen LogP contribution in [-0.2, 0) is 4.74 Å². The zero-order chi connectivity index (χ0) is 7.45. The van der Waals surface area contributed by atoms with Crippen molar-refractivity contribution in [2.75, 3.05) is 19.8 Å². The molecule has 0 aromatic heterocycles. The highest BCUT2D eigenvalue weighted by molar-refractivity contribution is 4.84.